The monoisotopic (exact) mass is 439 g/mol. The fourth-order valence-electron chi connectivity index (χ4n) is 3.01. The molecule has 0 radical (unpaired) electrons. The molecule has 0 aliphatic heterocycles. The molecule has 9 heteroatoms. The predicted molar refractivity (Wildman–Crippen MR) is 118 cm³/mol. The highest BCUT2D eigenvalue weighted by molar-refractivity contribution is 7.17. The minimum absolute atomic E-state index is 0.217. The number of hydrogen-bond donors (Lipinski definition) is 1. The van der Waals surface area contributed by atoms with Crippen LogP contribution >= 0.6 is 22.7 Å². The van der Waals surface area contributed by atoms with Crippen LogP contribution in [0.2, 0.25) is 0 Å². The van der Waals surface area contributed by atoms with Gasteiger partial charge in [-0.25, -0.2) is 9.78 Å². The second-order valence-corrected chi connectivity index (χ2v) is 8.12. The van der Waals surface area contributed by atoms with Crippen molar-refractivity contribution >= 4 is 50.5 Å². The van der Waals surface area contributed by atoms with Crippen LogP contribution in [0.4, 0.5) is 5.00 Å². The molecule has 4 aromatic rings. The number of rotatable bonds is 6. The Morgan fingerprint density at radius 2 is 2.00 bits per heavy atom. The summed E-state index contributed by atoms with van der Waals surface area (Å²) in [6.07, 6.45) is 1.35. The SMILES string of the molecule is CCOC(=O)c1c(-c2cccs2)csc1NC(=O)Cn1cnc2ccccc2c1=O. The summed E-state index contributed by atoms with van der Waals surface area (Å²) in [7, 11) is 0. The van der Waals surface area contributed by atoms with Crippen LogP contribution in [0.1, 0.15) is 17.3 Å². The summed E-state index contributed by atoms with van der Waals surface area (Å²) >= 11 is 2.74. The fourth-order valence-corrected chi connectivity index (χ4v) is 4.80. The van der Waals surface area contributed by atoms with Gasteiger partial charge in [0.1, 0.15) is 17.1 Å². The number of hydrogen-bond acceptors (Lipinski definition) is 7. The third kappa shape index (κ3) is 3.89. The van der Waals surface area contributed by atoms with Gasteiger partial charge >= 0.3 is 5.97 Å². The molecule has 1 aromatic carbocycles. The zero-order chi connectivity index (χ0) is 21.1. The Balaban J connectivity index is 1.61. The summed E-state index contributed by atoms with van der Waals surface area (Å²) in [4.78, 5) is 43.0. The van der Waals surface area contributed by atoms with Crippen molar-refractivity contribution < 1.29 is 14.3 Å². The topological polar surface area (TPSA) is 90.3 Å². The Bertz CT molecular complexity index is 1280. The third-order valence-corrected chi connectivity index (χ3v) is 6.15. The normalized spacial score (nSPS) is 10.8. The lowest BCUT2D eigenvalue weighted by molar-refractivity contribution is -0.116. The van der Waals surface area contributed by atoms with Gasteiger partial charge in [-0.15, -0.1) is 22.7 Å². The van der Waals surface area contributed by atoms with Crippen LogP contribution in [0, 0.1) is 0 Å². The summed E-state index contributed by atoms with van der Waals surface area (Å²) in [6.45, 7) is 1.74. The van der Waals surface area contributed by atoms with Gasteiger partial charge < -0.3 is 10.1 Å². The van der Waals surface area contributed by atoms with E-state index in [1.54, 1.807) is 31.2 Å². The van der Waals surface area contributed by atoms with Gasteiger partial charge in [0, 0.05) is 15.8 Å². The molecule has 0 aliphatic rings. The molecule has 0 saturated heterocycles. The Kier molecular flexibility index (Phi) is 5.73. The predicted octanol–water partition coefficient (Wildman–Crippen LogP) is 4.00. The van der Waals surface area contributed by atoms with E-state index < -0.39 is 11.9 Å². The van der Waals surface area contributed by atoms with Crippen LogP contribution in [0.5, 0.6) is 0 Å². The van der Waals surface area contributed by atoms with Gasteiger partial charge in [0.05, 0.1) is 23.8 Å². The minimum Gasteiger partial charge on any atom is -0.462 e. The van der Waals surface area contributed by atoms with Crippen molar-refractivity contribution in [3.63, 3.8) is 0 Å². The van der Waals surface area contributed by atoms with Crippen LogP contribution in [0.25, 0.3) is 21.3 Å². The molecule has 0 spiro atoms. The van der Waals surface area contributed by atoms with Crippen LogP contribution in [0.15, 0.2) is 58.3 Å². The van der Waals surface area contributed by atoms with Gasteiger partial charge in [0.2, 0.25) is 5.91 Å². The number of thiophene rings is 2. The summed E-state index contributed by atoms with van der Waals surface area (Å²) in [5, 5.41) is 7.32. The summed E-state index contributed by atoms with van der Waals surface area (Å²) in [5.74, 6) is -0.929. The number of benzene rings is 1. The summed E-state index contributed by atoms with van der Waals surface area (Å²) < 4.78 is 6.43. The molecule has 4 rings (SSSR count). The van der Waals surface area contributed by atoms with E-state index in [4.69, 9.17) is 4.74 Å². The second-order valence-electron chi connectivity index (χ2n) is 6.29. The number of anilines is 1. The van der Waals surface area contributed by atoms with E-state index in [1.807, 2.05) is 22.9 Å². The van der Waals surface area contributed by atoms with Gasteiger partial charge in [0.25, 0.3) is 5.56 Å². The van der Waals surface area contributed by atoms with Gasteiger partial charge in [-0.05, 0) is 30.5 Å². The molecular weight excluding hydrogens is 422 g/mol. The first-order valence-electron chi connectivity index (χ1n) is 9.15. The molecule has 0 bridgehead atoms. The molecular formula is C21H17N3O4S2. The van der Waals surface area contributed by atoms with Crippen molar-refractivity contribution in [3.8, 4) is 10.4 Å². The number of aromatic nitrogens is 2. The number of fused-ring (bicyclic) bond motifs is 1. The van der Waals surface area contributed by atoms with E-state index in [1.165, 1.54) is 33.6 Å². The molecule has 1 amide bonds. The minimum atomic E-state index is -0.498. The molecule has 152 valence electrons. The average Bonchev–Trinajstić information content (AvgIpc) is 3.40. The molecule has 1 N–H and O–H groups in total. The molecule has 0 atom stereocenters. The number of carbonyl (C=O) groups excluding carboxylic acids is 2. The Labute approximate surface area is 179 Å². The van der Waals surface area contributed by atoms with Crippen molar-refractivity contribution in [3.05, 3.63) is 69.4 Å². The fraction of sp³-hybridized carbons (Fsp3) is 0.143. The first-order chi connectivity index (χ1) is 14.6. The maximum atomic E-state index is 12.7. The molecule has 30 heavy (non-hydrogen) atoms. The first-order valence-corrected chi connectivity index (χ1v) is 10.9. The molecule has 7 nitrogen and oxygen atoms in total. The van der Waals surface area contributed by atoms with E-state index in [9.17, 15) is 14.4 Å². The van der Waals surface area contributed by atoms with E-state index in [2.05, 4.69) is 10.3 Å². The molecule has 3 heterocycles. The third-order valence-electron chi connectivity index (χ3n) is 4.36. The number of ether oxygens (including phenoxy) is 1. The highest BCUT2D eigenvalue weighted by atomic mass is 32.1. The van der Waals surface area contributed by atoms with Crippen molar-refractivity contribution in [2.45, 2.75) is 13.5 Å². The van der Waals surface area contributed by atoms with Crippen molar-refractivity contribution in [1.29, 1.82) is 0 Å². The van der Waals surface area contributed by atoms with Crippen LogP contribution in [-0.2, 0) is 16.1 Å². The van der Waals surface area contributed by atoms with Crippen molar-refractivity contribution in [2.75, 3.05) is 11.9 Å². The standard InChI is InChI=1S/C21H17N3O4S2/c1-2-28-21(27)18-14(16-8-5-9-29-16)11-30-19(18)23-17(25)10-24-12-22-15-7-4-3-6-13(15)20(24)26/h3-9,11-12H,2,10H2,1H3,(H,23,25). The van der Waals surface area contributed by atoms with Gasteiger partial charge in [-0.1, -0.05) is 18.2 Å². The van der Waals surface area contributed by atoms with E-state index in [0.29, 0.717) is 27.0 Å². The highest BCUT2D eigenvalue weighted by Gasteiger charge is 2.23. The van der Waals surface area contributed by atoms with Crippen LogP contribution in [0.3, 0.4) is 0 Å². The molecule has 0 aliphatic carbocycles. The molecule has 0 saturated carbocycles. The Morgan fingerprint density at radius 1 is 1.17 bits per heavy atom. The molecule has 3 aromatic heterocycles. The number of para-hydroxylation sites is 1. The van der Waals surface area contributed by atoms with E-state index in [0.717, 1.165) is 4.88 Å². The second kappa shape index (κ2) is 8.60. The quantitative estimate of drug-likeness (QED) is 0.459. The van der Waals surface area contributed by atoms with Gasteiger partial charge in [-0.2, -0.15) is 0 Å². The van der Waals surface area contributed by atoms with Crippen molar-refractivity contribution in [2.24, 2.45) is 0 Å². The summed E-state index contributed by atoms with van der Waals surface area (Å²) in [6, 6.07) is 10.8. The largest absolute Gasteiger partial charge is 0.462 e. The maximum absolute atomic E-state index is 12.7. The number of nitrogens with zero attached hydrogens (tertiary/aromatic N) is 2. The van der Waals surface area contributed by atoms with E-state index in [-0.39, 0.29) is 18.7 Å². The first kappa shape index (κ1) is 20.0. The smallest absolute Gasteiger partial charge is 0.341 e. The zero-order valence-corrected chi connectivity index (χ0v) is 17.6. The number of esters is 1. The highest BCUT2D eigenvalue weighted by Crippen LogP contribution is 2.38. The lowest BCUT2D eigenvalue weighted by Crippen LogP contribution is -2.28. The number of amides is 1. The van der Waals surface area contributed by atoms with E-state index >= 15 is 0 Å². The van der Waals surface area contributed by atoms with Crippen molar-refractivity contribution in [1.82, 2.24) is 9.55 Å². The Hall–Kier alpha value is -3.30. The van der Waals surface area contributed by atoms with Gasteiger partial charge in [-0.3, -0.25) is 14.2 Å². The number of carbonyl (C=O) groups is 2. The zero-order valence-electron chi connectivity index (χ0n) is 16.0. The lowest BCUT2D eigenvalue weighted by Gasteiger charge is -2.09. The maximum Gasteiger partial charge on any atom is 0.341 e. The van der Waals surface area contributed by atoms with Crippen LogP contribution < -0.4 is 10.9 Å². The summed E-state index contributed by atoms with van der Waals surface area (Å²) in [5.41, 5.74) is 1.31. The van der Waals surface area contributed by atoms with Gasteiger partial charge in [0.15, 0.2) is 0 Å². The van der Waals surface area contributed by atoms with Crippen LogP contribution in [-0.4, -0.2) is 28.0 Å². The Morgan fingerprint density at radius 3 is 2.77 bits per heavy atom. The number of nitrogens with one attached hydrogen (secondary N) is 1. The lowest BCUT2D eigenvalue weighted by atomic mass is 10.1. The average molecular weight is 440 g/mol. The molecule has 0 fully saturated rings. The molecule has 0 unspecified atom stereocenters.